The standard InChI is InChI=1S/C9H10N6O5S/c1-14-4-7(21(10,19)20)8(13-14)12-9(16)6-2-5(3-11-6)15(17)18/h2-4,11H,1H3,(H2,10,19,20)(H,12,13,16). The number of amides is 1. The van der Waals surface area contributed by atoms with Crippen LogP contribution < -0.4 is 10.5 Å². The van der Waals surface area contributed by atoms with Crippen LogP contribution in [0.25, 0.3) is 0 Å². The van der Waals surface area contributed by atoms with Crippen LogP contribution in [0, 0.1) is 10.1 Å². The molecule has 2 aromatic rings. The van der Waals surface area contributed by atoms with E-state index in [-0.39, 0.29) is 22.1 Å². The fourth-order valence-electron chi connectivity index (χ4n) is 1.56. The molecule has 0 bridgehead atoms. The van der Waals surface area contributed by atoms with Crippen LogP contribution in [0.2, 0.25) is 0 Å². The molecule has 11 nitrogen and oxygen atoms in total. The lowest BCUT2D eigenvalue weighted by molar-refractivity contribution is -0.384. The van der Waals surface area contributed by atoms with Crippen LogP contribution in [0.4, 0.5) is 11.5 Å². The molecule has 0 fully saturated rings. The van der Waals surface area contributed by atoms with E-state index in [2.05, 4.69) is 15.4 Å². The van der Waals surface area contributed by atoms with E-state index in [4.69, 9.17) is 5.14 Å². The molecule has 0 saturated carbocycles. The molecule has 4 N–H and O–H groups in total. The van der Waals surface area contributed by atoms with Crippen LogP contribution in [-0.2, 0) is 17.1 Å². The lowest BCUT2D eigenvalue weighted by atomic mass is 10.4. The first-order valence-corrected chi connectivity index (χ1v) is 6.93. The molecule has 0 spiro atoms. The zero-order valence-corrected chi connectivity index (χ0v) is 11.4. The molecule has 21 heavy (non-hydrogen) atoms. The van der Waals surface area contributed by atoms with Gasteiger partial charge in [0.2, 0.25) is 10.0 Å². The number of nitrogens with two attached hydrogens (primary N) is 1. The zero-order chi connectivity index (χ0) is 15.8. The largest absolute Gasteiger partial charge is 0.351 e. The van der Waals surface area contributed by atoms with E-state index in [9.17, 15) is 23.3 Å². The van der Waals surface area contributed by atoms with Gasteiger partial charge in [-0.1, -0.05) is 0 Å². The number of nitrogens with zero attached hydrogens (tertiary/aromatic N) is 3. The Hall–Kier alpha value is -2.73. The lowest BCUT2D eigenvalue weighted by Gasteiger charge is -2.01. The van der Waals surface area contributed by atoms with Gasteiger partial charge in [0.25, 0.3) is 11.6 Å². The number of aryl methyl sites for hydroxylation is 1. The van der Waals surface area contributed by atoms with Crippen molar-refractivity contribution in [3.63, 3.8) is 0 Å². The Morgan fingerprint density at radius 2 is 2.24 bits per heavy atom. The monoisotopic (exact) mass is 314 g/mol. The van der Waals surface area contributed by atoms with Gasteiger partial charge in [0.1, 0.15) is 10.6 Å². The minimum absolute atomic E-state index is 0.118. The minimum Gasteiger partial charge on any atom is -0.351 e. The number of aromatic nitrogens is 3. The highest BCUT2D eigenvalue weighted by molar-refractivity contribution is 7.89. The molecule has 0 radical (unpaired) electrons. The predicted octanol–water partition coefficient (Wildman–Crippen LogP) is -0.444. The summed E-state index contributed by atoms with van der Waals surface area (Å²) >= 11 is 0. The van der Waals surface area contributed by atoms with Crippen LogP contribution in [0.5, 0.6) is 0 Å². The van der Waals surface area contributed by atoms with Gasteiger partial charge in [0.15, 0.2) is 5.82 Å². The Balaban J connectivity index is 2.29. The van der Waals surface area contributed by atoms with Gasteiger partial charge in [0.05, 0.1) is 11.1 Å². The molecule has 112 valence electrons. The van der Waals surface area contributed by atoms with E-state index < -0.39 is 20.9 Å². The number of carbonyl (C=O) groups excluding carboxylic acids is 1. The molecule has 0 aliphatic heterocycles. The highest BCUT2D eigenvalue weighted by atomic mass is 32.2. The van der Waals surface area contributed by atoms with Crippen LogP contribution in [0.15, 0.2) is 23.4 Å². The number of aromatic amines is 1. The van der Waals surface area contributed by atoms with Gasteiger partial charge in [-0.15, -0.1) is 0 Å². The maximum absolute atomic E-state index is 11.9. The summed E-state index contributed by atoms with van der Waals surface area (Å²) in [6.07, 6.45) is 2.16. The number of primary sulfonamides is 1. The third-order valence-electron chi connectivity index (χ3n) is 2.46. The Morgan fingerprint density at radius 3 is 2.76 bits per heavy atom. The van der Waals surface area contributed by atoms with E-state index in [0.717, 1.165) is 23.1 Å². The SMILES string of the molecule is Cn1cc(S(N)(=O)=O)c(NC(=O)c2cc([N+](=O)[O-])c[nH]2)n1. The van der Waals surface area contributed by atoms with Gasteiger partial charge < -0.3 is 10.3 Å². The van der Waals surface area contributed by atoms with Gasteiger partial charge in [-0.25, -0.2) is 13.6 Å². The summed E-state index contributed by atoms with van der Waals surface area (Å²) in [7, 11) is -2.62. The Kier molecular flexibility index (Phi) is 3.49. The van der Waals surface area contributed by atoms with Crippen molar-refractivity contribution in [2.75, 3.05) is 5.32 Å². The van der Waals surface area contributed by atoms with Crippen molar-refractivity contribution in [1.82, 2.24) is 14.8 Å². The predicted molar refractivity (Wildman–Crippen MR) is 70.0 cm³/mol. The average Bonchev–Trinajstić information content (AvgIpc) is 2.94. The van der Waals surface area contributed by atoms with Gasteiger partial charge in [-0.2, -0.15) is 5.10 Å². The topological polar surface area (TPSA) is 166 Å². The second-order valence-corrected chi connectivity index (χ2v) is 5.57. The average molecular weight is 314 g/mol. The number of hydrogen-bond acceptors (Lipinski definition) is 6. The van der Waals surface area contributed by atoms with Crippen molar-refractivity contribution >= 4 is 27.4 Å². The zero-order valence-electron chi connectivity index (χ0n) is 10.6. The first-order valence-electron chi connectivity index (χ1n) is 5.39. The number of sulfonamides is 1. The van der Waals surface area contributed by atoms with Crippen molar-refractivity contribution < 1.29 is 18.1 Å². The summed E-state index contributed by atoms with van der Waals surface area (Å²) in [6, 6.07) is 1.01. The number of rotatable bonds is 4. The lowest BCUT2D eigenvalue weighted by Crippen LogP contribution is -2.18. The number of carbonyl (C=O) groups is 1. The maximum Gasteiger partial charge on any atom is 0.287 e. The first kappa shape index (κ1) is 14.7. The van der Waals surface area contributed by atoms with E-state index in [0.29, 0.717) is 0 Å². The quantitative estimate of drug-likeness (QED) is 0.510. The van der Waals surface area contributed by atoms with Crippen LogP contribution in [-0.4, -0.2) is 34.0 Å². The van der Waals surface area contributed by atoms with Gasteiger partial charge in [0, 0.05) is 19.3 Å². The molecule has 0 atom stereocenters. The number of anilines is 1. The van der Waals surface area contributed by atoms with Gasteiger partial charge in [-0.3, -0.25) is 19.6 Å². The molecule has 0 aromatic carbocycles. The highest BCUT2D eigenvalue weighted by Gasteiger charge is 2.22. The third kappa shape index (κ3) is 3.06. The fourth-order valence-corrected chi connectivity index (χ4v) is 2.22. The summed E-state index contributed by atoms with van der Waals surface area (Å²) < 4.78 is 23.9. The molecule has 0 aliphatic carbocycles. The van der Waals surface area contributed by atoms with Crippen LogP contribution in [0.3, 0.4) is 0 Å². The molecular weight excluding hydrogens is 304 g/mol. The molecule has 0 saturated heterocycles. The fraction of sp³-hybridized carbons (Fsp3) is 0.111. The number of nitro groups is 1. The Morgan fingerprint density at radius 1 is 1.57 bits per heavy atom. The van der Waals surface area contributed by atoms with Crippen molar-refractivity contribution in [1.29, 1.82) is 0 Å². The first-order chi connectivity index (χ1) is 9.68. The molecule has 0 aliphatic rings. The molecule has 2 rings (SSSR count). The number of hydrogen-bond donors (Lipinski definition) is 3. The normalized spacial score (nSPS) is 11.3. The van der Waals surface area contributed by atoms with Gasteiger partial charge >= 0.3 is 0 Å². The number of H-pyrrole nitrogens is 1. The summed E-state index contributed by atoms with van der Waals surface area (Å²) in [5.74, 6) is -1.05. The van der Waals surface area contributed by atoms with Crippen molar-refractivity contribution in [2.24, 2.45) is 12.2 Å². The van der Waals surface area contributed by atoms with E-state index in [1.807, 2.05) is 0 Å². The smallest absolute Gasteiger partial charge is 0.287 e. The van der Waals surface area contributed by atoms with E-state index in [1.165, 1.54) is 7.05 Å². The van der Waals surface area contributed by atoms with Crippen molar-refractivity contribution in [3.05, 3.63) is 34.3 Å². The summed E-state index contributed by atoms with van der Waals surface area (Å²) in [4.78, 5) is 23.8. The van der Waals surface area contributed by atoms with E-state index >= 15 is 0 Å². The van der Waals surface area contributed by atoms with E-state index in [1.54, 1.807) is 0 Å². The molecule has 0 unspecified atom stereocenters. The third-order valence-corrected chi connectivity index (χ3v) is 3.37. The molecule has 2 heterocycles. The van der Waals surface area contributed by atoms with Crippen molar-refractivity contribution in [2.45, 2.75) is 4.90 Å². The molecular formula is C9H10N6O5S. The minimum atomic E-state index is -4.07. The summed E-state index contributed by atoms with van der Waals surface area (Å²) in [5, 5.41) is 21.5. The van der Waals surface area contributed by atoms with Crippen LogP contribution in [0.1, 0.15) is 10.5 Å². The second kappa shape index (κ2) is 4.99. The van der Waals surface area contributed by atoms with Crippen molar-refractivity contribution in [3.8, 4) is 0 Å². The molecule has 1 amide bonds. The Bertz CT molecular complexity index is 820. The van der Waals surface area contributed by atoms with Crippen LogP contribution >= 0.6 is 0 Å². The highest BCUT2D eigenvalue weighted by Crippen LogP contribution is 2.19. The Labute approximate surface area is 117 Å². The summed E-state index contributed by atoms with van der Waals surface area (Å²) in [6.45, 7) is 0. The summed E-state index contributed by atoms with van der Waals surface area (Å²) in [5.41, 5.74) is -0.416. The second-order valence-electron chi connectivity index (χ2n) is 4.04. The number of nitrogens with one attached hydrogen (secondary N) is 2. The maximum atomic E-state index is 11.9. The molecule has 2 aromatic heterocycles. The van der Waals surface area contributed by atoms with Gasteiger partial charge in [-0.05, 0) is 0 Å². The molecule has 12 heteroatoms.